The van der Waals surface area contributed by atoms with Gasteiger partial charge in [-0.3, -0.25) is 0 Å². The third-order valence-electron chi connectivity index (χ3n) is 3.15. The van der Waals surface area contributed by atoms with E-state index in [1.54, 1.807) is 0 Å². The third kappa shape index (κ3) is 3.66. The zero-order chi connectivity index (χ0) is 15.4. The van der Waals surface area contributed by atoms with Gasteiger partial charge in [0.2, 0.25) is 0 Å². The predicted molar refractivity (Wildman–Crippen MR) is 75.1 cm³/mol. The molecule has 0 atom stereocenters. The van der Waals surface area contributed by atoms with Crippen LogP contribution >= 0.6 is 0 Å². The van der Waals surface area contributed by atoms with E-state index < -0.39 is 6.43 Å². The first kappa shape index (κ1) is 15.2. The van der Waals surface area contributed by atoms with E-state index in [0.717, 1.165) is 6.07 Å². The summed E-state index contributed by atoms with van der Waals surface area (Å²) in [6.45, 7) is 2.32. The van der Waals surface area contributed by atoms with Gasteiger partial charge >= 0.3 is 0 Å². The normalized spacial score (nSPS) is 16.3. The fourth-order valence-corrected chi connectivity index (χ4v) is 2.03. The van der Waals surface area contributed by atoms with Crippen molar-refractivity contribution in [3.8, 4) is 0 Å². The summed E-state index contributed by atoms with van der Waals surface area (Å²) in [5.74, 6) is 0.340. The maximum Gasteiger partial charge on any atom is 0.264 e. The molecule has 0 bridgehead atoms. The first-order valence-corrected chi connectivity index (χ1v) is 6.41. The summed E-state index contributed by atoms with van der Waals surface area (Å²) < 4.78 is 31.2. The van der Waals surface area contributed by atoms with Crippen LogP contribution in [0.5, 0.6) is 0 Å². The molecular formula is C13H17F2N5O. The molecule has 2 rings (SSSR count). The van der Waals surface area contributed by atoms with Crippen LogP contribution < -0.4 is 11.5 Å². The molecule has 0 saturated carbocycles. The lowest BCUT2D eigenvalue weighted by atomic mass is 10.1. The van der Waals surface area contributed by atoms with Crippen LogP contribution in [-0.4, -0.2) is 41.9 Å². The van der Waals surface area contributed by atoms with Crippen molar-refractivity contribution in [2.45, 2.75) is 6.43 Å². The zero-order valence-electron chi connectivity index (χ0n) is 11.4. The van der Waals surface area contributed by atoms with E-state index in [0.29, 0.717) is 32.1 Å². The number of morpholine rings is 1. The highest BCUT2D eigenvalue weighted by atomic mass is 19.3. The van der Waals surface area contributed by atoms with Crippen molar-refractivity contribution in [2.75, 3.05) is 32.0 Å². The van der Waals surface area contributed by atoms with Gasteiger partial charge in [-0.05, 0) is 6.07 Å². The molecule has 1 fully saturated rings. The van der Waals surface area contributed by atoms with Crippen molar-refractivity contribution in [1.29, 1.82) is 5.41 Å². The maximum atomic E-state index is 13.0. The fourth-order valence-electron chi connectivity index (χ4n) is 2.03. The van der Waals surface area contributed by atoms with Crippen LogP contribution in [-0.2, 0) is 4.74 Å². The SMILES string of the molecule is N=C(/C=C(\N)N1CCOCC1)c1cnc(N)cc1C(F)F. The summed E-state index contributed by atoms with van der Waals surface area (Å²) in [5, 5.41) is 7.95. The number of pyridine rings is 1. The summed E-state index contributed by atoms with van der Waals surface area (Å²) in [4.78, 5) is 5.60. The topological polar surface area (TPSA) is 101 Å². The minimum atomic E-state index is -2.73. The molecule has 0 aromatic carbocycles. The number of nitrogens with two attached hydrogens (primary N) is 2. The van der Waals surface area contributed by atoms with Crippen LogP contribution in [0.15, 0.2) is 24.2 Å². The number of nitrogens with zero attached hydrogens (tertiary/aromatic N) is 2. The molecule has 1 saturated heterocycles. The minimum Gasteiger partial charge on any atom is -0.385 e. The van der Waals surface area contributed by atoms with Gasteiger partial charge in [0, 0.05) is 36.5 Å². The third-order valence-corrected chi connectivity index (χ3v) is 3.15. The van der Waals surface area contributed by atoms with Crippen LogP contribution in [0.3, 0.4) is 0 Å². The van der Waals surface area contributed by atoms with Crippen molar-refractivity contribution in [3.05, 3.63) is 35.3 Å². The maximum absolute atomic E-state index is 13.0. The predicted octanol–water partition coefficient (Wildman–Crippen LogP) is 1.10. The van der Waals surface area contributed by atoms with Crippen LogP contribution in [0.1, 0.15) is 17.6 Å². The van der Waals surface area contributed by atoms with Crippen LogP contribution in [0.25, 0.3) is 0 Å². The molecule has 0 aliphatic carbocycles. The monoisotopic (exact) mass is 297 g/mol. The summed E-state index contributed by atoms with van der Waals surface area (Å²) in [6.07, 6.45) is -0.212. The quantitative estimate of drug-likeness (QED) is 0.722. The average molecular weight is 297 g/mol. The molecule has 6 nitrogen and oxygen atoms in total. The molecule has 1 aliphatic heterocycles. The highest BCUT2D eigenvalue weighted by Crippen LogP contribution is 2.24. The number of hydrogen-bond acceptors (Lipinski definition) is 6. The number of ether oxygens (including phenoxy) is 1. The number of anilines is 1. The molecule has 0 radical (unpaired) electrons. The van der Waals surface area contributed by atoms with Gasteiger partial charge in [0.25, 0.3) is 6.43 Å². The molecule has 21 heavy (non-hydrogen) atoms. The van der Waals surface area contributed by atoms with E-state index in [1.165, 1.54) is 12.3 Å². The molecule has 1 aliphatic rings. The van der Waals surface area contributed by atoms with Crippen LogP contribution in [0.2, 0.25) is 0 Å². The Kier molecular flexibility index (Phi) is 4.69. The van der Waals surface area contributed by atoms with Gasteiger partial charge in [-0.25, -0.2) is 13.8 Å². The Bertz CT molecular complexity index is 555. The Balaban J connectivity index is 2.23. The van der Waals surface area contributed by atoms with Crippen molar-refractivity contribution < 1.29 is 13.5 Å². The molecule has 0 amide bonds. The second kappa shape index (κ2) is 6.49. The van der Waals surface area contributed by atoms with Crippen LogP contribution in [0, 0.1) is 5.41 Å². The van der Waals surface area contributed by atoms with Crippen molar-refractivity contribution in [3.63, 3.8) is 0 Å². The van der Waals surface area contributed by atoms with Gasteiger partial charge in [-0.15, -0.1) is 0 Å². The molecule has 0 spiro atoms. The van der Waals surface area contributed by atoms with Gasteiger partial charge in [-0.1, -0.05) is 0 Å². The second-order valence-corrected chi connectivity index (χ2v) is 4.58. The number of halogens is 2. The van der Waals surface area contributed by atoms with Gasteiger partial charge in [0.05, 0.1) is 18.9 Å². The fraction of sp³-hybridized carbons (Fsp3) is 0.385. The van der Waals surface area contributed by atoms with Gasteiger partial charge in [0.15, 0.2) is 0 Å². The summed E-state index contributed by atoms with van der Waals surface area (Å²) in [5.41, 5.74) is 10.9. The minimum absolute atomic E-state index is 0.00743. The van der Waals surface area contributed by atoms with Gasteiger partial charge < -0.3 is 26.5 Å². The van der Waals surface area contributed by atoms with Crippen molar-refractivity contribution in [2.24, 2.45) is 5.73 Å². The molecule has 5 N–H and O–H groups in total. The molecular weight excluding hydrogens is 280 g/mol. The molecule has 2 heterocycles. The van der Waals surface area contributed by atoms with Crippen LogP contribution in [0.4, 0.5) is 14.6 Å². The molecule has 1 aromatic heterocycles. The number of alkyl halides is 2. The number of hydrogen-bond donors (Lipinski definition) is 3. The zero-order valence-corrected chi connectivity index (χ0v) is 11.4. The lowest BCUT2D eigenvalue weighted by Crippen LogP contribution is -2.38. The van der Waals surface area contributed by atoms with E-state index in [1.807, 2.05) is 4.90 Å². The smallest absolute Gasteiger partial charge is 0.264 e. The Hall–Kier alpha value is -2.22. The Morgan fingerprint density at radius 1 is 1.43 bits per heavy atom. The molecule has 114 valence electrons. The number of allylic oxidation sites excluding steroid dienone is 1. The number of aromatic nitrogens is 1. The summed E-state index contributed by atoms with van der Waals surface area (Å²) in [7, 11) is 0. The highest BCUT2D eigenvalue weighted by molar-refractivity contribution is 6.07. The van der Waals surface area contributed by atoms with E-state index in [9.17, 15) is 8.78 Å². The Labute approximate surface area is 120 Å². The van der Waals surface area contributed by atoms with E-state index in [-0.39, 0.29) is 22.7 Å². The lowest BCUT2D eigenvalue weighted by Gasteiger charge is -2.28. The lowest BCUT2D eigenvalue weighted by molar-refractivity contribution is 0.0531. The first-order valence-electron chi connectivity index (χ1n) is 6.41. The van der Waals surface area contributed by atoms with E-state index in [4.69, 9.17) is 21.6 Å². The van der Waals surface area contributed by atoms with Crippen molar-refractivity contribution in [1.82, 2.24) is 9.88 Å². The highest BCUT2D eigenvalue weighted by Gasteiger charge is 2.18. The standard InChI is InChI=1S/C13H17F2N5O/c14-13(15)8-5-11(17)19-7-9(8)10(16)6-12(18)20-1-3-21-4-2-20/h5-7,13,16H,1-4,18H2,(H2,17,19)/b12-6+,16-10?. The van der Waals surface area contributed by atoms with E-state index >= 15 is 0 Å². The van der Waals surface area contributed by atoms with E-state index in [2.05, 4.69) is 4.98 Å². The number of rotatable bonds is 4. The number of nitrogens with one attached hydrogen (secondary N) is 1. The first-order chi connectivity index (χ1) is 9.99. The Morgan fingerprint density at radius 3 is 2.71 bits per heavy atom. The average Bonchev–Trinajstić information content (AvgIpc) is 2.47. The van der Waals surface area contributed by atoms with Crippen molar-refractivity contribution >= 4 is 11.5 Å². The molecule has 0 unspecified atom stereocenters. The molecule has 1 aromatic rings. The van der Waals surface area contributed by atoms with Gasteiger partial charge in [0.1, 0.15) is 11.6 Å². The molecule has 8 heteroatoms. The number of nitrogen functional groups attached to an aromatic ring is 1. The Morgan fingerprint density at radius 2 is 2.10 bits per heavy atom. The largest absolute Gasteiger partial charge is 0.385 e. The summed E-state index contributed by atoms with van der Waals surface area (Å²) in [6, 6.07) is 1.08. The van der Waals surface area contributed by atoms with Gasteiger partial charge in [-0.2, -0.15) is 0 Å². The summed E-state index contributed by atoms with van der Waals surface area (Å²) >= 11 is 0. The second-order valence-electron chi connectivity index (χ2n) is 4.58.